The predicted octanol–water partition coefficient (Wildman–Crippen LogP) is 5.22. The van der Waals surface area contributed by atoms with E-state index >= 15 is 8.78 Å². The zero-order valence-electron chi connectivity index (χ0n) is 29.4. The van der Waals surface area contributed by atoms with E-state index in [1.54, 1.807) is 31.9 Å². The summed E-state index contributed by atoms with van der Waals surface area (Å²) in [5.74, 6) is -1.39. The monoisotopic (exact) mass is 742 g/mol. The molecule has 3 saturated heterocycles. The minimum absolute atomic E-state index is 0.00994. The Morgan fingerprint density at radius 3 is 2.63 bits per heavy atom. The van der Waals surface area contributed by atoms with Gasteiger partial charge in [-0.1, -0.05) is 12.1 Å². The van der Waals surface area contributed by atoms with Crippen LogP contribution < -0.4 is 15.4 Å². The van der Waals surface area contributed by atoms with E-state index in [0.717, 1.165) is 19.4 Å². The highest BCUT2D eigenvalue weighted by atomic mass is 31.2. The largest absolute Gasteiger partial charge is 0.461 e. The Balaban J connectivity index is 1.19. The number of ether oxygens (including phenoxy) is 1. The molecule has 0 aliphatic carbocycles. The summed E-state index contributed by atoms with van der Waals surface area (Å²) in [6.45, 7) is 6.14. The van der Waals surface area contributed by atoms with Crippen molar-refractivity contribution in [1.29, 1.82) is 0 Å². The molecule has 2 atom stereocenters. The molecule has 3 aromatic heterocycles. The van der Waals surface area contributed by atoms with Gasteiger partial charge in [0.2, 0.25) is 5.91 Å². The molecular formula is C35H42F3N8O5P. The Morgan fingerprint density at radius 2 is 1.88 bits per heavy atom. The van der Waals surface area contributed by atoms with Gasteiger partial charge in [-0.2, -0.15) is 9.97 Å². The van der Waals surface area contributed by atoms with Crippen molar-refractivity contribution < 1.29 is 36.3 Å². The number of alkyl halides is 1. The molecule has 4 aromatic rings. The number of anilines is 2. The molecule has 3 aliphatic heterocycles. The third-order valence-electron chi connectivity index (χ3n) is 10.1. The quantitative estimate of drug-likeness (QED) is 0.179. The van der Waals surface area contributed by atoms with E-state index in [1.807, 2.05) is 4.90 Å². The molecule has 13 nitrogen and oxygen atoms in total. The van der Waals surface area contributed by atoms with Gasteiger partial charge in [-0.3, -0.25) is 19.2 Å². The summed E-state index contributed by atoms with van der Waals surface area (Å²) in [5.41, 5.74) is 5.12. The molecule has 3 aliphatic rings. The van der Waals surface area contributed by atoms with Crippen LogP contribution in [-0.4, -0.2) is 113 Å². The summed E-state index contributed by atoms with van der Waals surface area (Å²) in [7, 11) is -1.76. The van der Waals surface area contributed by atoms with Gasteiger partial charge in [-0.25, -0.2) is 18.2 Å². The highest BCUT2D eigenvalue weighted by molar-refractivity contribution is 7.54. The van der Waals surface area contributed by atoms with Crippen molar-refractivity contribution in [3.63, 3.8) is 0 Å². The Labute approximate surface area is 299 Å². The van der Waals surface area contributed by atoms with Crippen LogP contribution in [0.15, 0.2) is 30.5 Å². The lowest BCUT2D eigenvalue weighted by Gasteiger charge is -2.41. The molecule has 0 radical (unpaired) electrons. The number of rotatable bonds is 13. The van der Waals surface area contributed by atoms with Crippen molar-refractivity contribution in [2.75, 3.05) is 76.4 Å². The molecule has 0 bridgehead atoms. The minimum atomic E-state index is -3.54. The fourth-order valence-electron chi connectivity index (χ4n) is 7.80. The van der Waals surface area contributed by atoms with Crippen molar-refractivity contribution in [2.24, 2.45) is 5.92 Å². The van der Waals surface area contributed by atoms with E-state index in [0.29, 0.717) is 43.8 Å². The number of pyridine rings is 2. The molecule has 3 fully saturated rings. The number of fused-ring (bicyclic) bond motifs is 3. The van der Waals surface area contributed by atoms with E-state index < -0.39 is 30.9 Å². The van der Waals surface area contributed by atoms with E-state index in [1.165, 1.54) is 24.4 Å². The Hall–Kier alpha value is -4.11. The molecule has 0 spiro atoms. The molecule has 0 saturated carbocycles. The van der Waals surface area contributed by atoms with Gasteiger partial charge in [0.05, 0.1) is 24.1 Å². The van der Waals surface area contributed by atoms with Crippen molar-refractivity contribution in [1.82, 2.24) is 29.7 Å². The first kappa shape index (κ1) is 36.3. The van der Waals surface area contributed by atoms with Crippen LogP contribution in [0.4, 0.5) is 24.8 Å². The van der Waals surface area contributed by atoms with E-state index in [2.05, 4.69) is 19.9 Å². The summed E-state index contributed by atoms with van der Waals surface area (Å²) in [5, 5.41) is 0.776. The molecule has 6 heterocycles. The number of likely N-dealkylation sites (tertiary alicyclic amines) is 1. The number of halogens is 3. The van der Waals surface area contributed by atoms with Gasteiger partial charge in [0.1, 0.15) is 53.3 Å². The Kier molecular flexibility index (Phi) is 10.0. The molecule has 278 valence electrons. The lowest BCUT2D eigenvalue weighted by atomic mass is 9.95. The Morgan fingerprint density at radius 1 is 1.12 bits per heavy atom. The third-order valence-corrected chi connectivity index (χ3v) is 12.1. The van der Waals surface area contributed by atoms with Crippen LogP contribution >= 0.6 is 7.60 Å². The fraction of sp³-hybridized carbons (Fsp3) is 0.514. The number of hydrogen-bond acceptors (Lipinski definition) is 12. The first-order valence-corrected chi connectivity index (χ1v) is 19.3. The normalized spacial score (nSPS) is 20.8. The molecule has 0 unspecified atom stereocenters. The fourth-order valence-corrected chi connectivity index (χ4v) is 9.37. The summed E-state index contributed by atoms with van der Waals surface area (Å²) in [6, 6.07) is 5.85. The lowest BCUT2D eigenvalue weighted by Crippen LogP contribution is -2.54. The van der Waals surface area contributed by atoms with Crippen LogP contribution in [0.3, 0.4) is 0 Å². The second kappa shape index (κ2) is 14.4. The summed E-state index contributed by atoms with van der Waals surface area (Å²) in [6.07, 6.45) is 2.12. The molecule has 2 N–H and O–H groups in total. The van der Waals surface area contributed by atoms with E-state index in [4.69, 9.17) is 24.5 Å². The minimum Gasteiger partial charge on any atom is -0.461 e. The number of amides is 1. The van der Waals surface area contributed by atoms with Crippen molar-refractivity contribution in [2.45, 2.75) is 44.8 Å². The second-order valence-electron chi connectivity index (χ2n) is 13.8. The number of benzene rings is 1. The number of hydrogen-bond donors (Lipinski definition) is 1. The maximum Gasteiger partial charge on any atom is 0.340 e. The van der Waals surface area contributed by atoms with Crippen LogP contribution in [0.2, 0.25) is 0 Å². The zero-order chi connectivity index (χ0) is 36.8. The molecule has 17 heteroatoms. The molecule has 52 heavy (non-hydrogen) atoms. The molecule has 1 aromatic carbocycles. The SMILES string of the molecule is CCOP(=O)(CC(=O)N1CC(CN(C)c2nc(OC[C@@]34CCCN3C[C@H](F)C4)nc3c(F)c(-c4nc(N)cc5cccc(F)c45)ncc23)C1)OCC. The number of carbonyl (C=O) groups is 1. The van der Waals surface area contributed by atoms with Gasteiger partial charge in [-0.05, 0) is 50.8 Å². The maximum atomic E-state index is 16.7. The van der Waals surface area contributed by atoms with E-state index in [9.17, 15) is 13.8 Å². The van der Waals surface area contributed by atoms with Crippen molar-refractivity contribution >= 4 is 46.8 Å². The molecular weight excluding hydrogens is 700 g/mol. The topological polar surface area (TPSA) is 149 Å². The predicted molar refractivity (Wildman–Crippen MR) is 190 cm³/mol. The van der Waals surface area contributed by atoms with Gasteiger partial charge >= 0.3 is 13.6 Å². The van der Waals surface area contributed by atoms with Gasteiger partial charge in [0.25, 0.3) is 0 Å². The van der Waals surface area contributed by atoms with Crippen LogP contribution in [0.25, 0.3) is 33.1 Å². The van der Waals surface area contributed by atoms with Gasteiger partial charge < -0.3 is 29.3 Å². The van der Waals surface area contributed by atoms with Crippen LogP contribution in [-0.2, 0) is 18.4 Å². The second-order valence-corrected chi connectivity index (χ2v) is 15.8. The van der Waals surface area contributed by atoms with Gasteiger partial charge in [-0.15, -0.1) is 0 Å². The van der Waals surface area contributed by atoms with Gasteiger partial charge in [0, 0.05) is 57.1 Å². The number of nitrogens with two attached hydrogens (primary N) is 1. The molecule has 1 amide bonds. The van der Waals surface area contributed by atoms with Crippen LogP contribution in [0, 0.1) is 17.6 Å². The summed E-state index contributed by atoms with van der Waals surface area (Å²) in [4.78, 5) is 36.3. The maximum absolute atomic E-state index is 16.7. The number of nitrogens with zero attached hydrogens (tertiary/aromatic N) is 7. The van der Waals surface area contributed by atoms with Gasteiger partial charge in [0.15, 0.2) is 5.82 Å². The summed E-state index contributed by atoms with van der Waals surface area (Å²) < 4.78 is 76.1. The third kappa shape index (κ3) is 6.89. The standard InChI is InChI=1S/C35H42F3N8O5P/c1-4-50-52(48,51-5-2)19-27(47)45-16-21(17-45)15-44(3)33-24-14-40-32(31-28-22(12-26(39)41-31)8-6-9-25(28)37)29(38)30(24)42-34(43-33)49-20-35-10-7-11-46(35)18-23(36)13-35/h6,8-9,12,14,21,23H,4-5,7,10-11,13,15-20H2,1-3H3,(H2,39,41)/t23-,35+/m1/s1. The van der Waals surface area contributed by atoms with Crippen LogP contribution in [0.5, 0.6) is 6.01 Å². The smallest absolute Gasteiger partial charge is 0.340 e. The highest BCUT2D eigenvalue weighted by Crippen LogP contribution is 2.48. The zero-order valence-corrected chi connectivity index (χ0v) is 30.3. The lowest BCUT2D eigenvalue weighted by molar-refractivity contribution is -0.134. The first-order chi connectivity index (χ1) is 24.9. The van der Waals surface area contributed by atoms with Crippen molar-refractivity contribution in [3.8, 4) is 17.4 Å². The molecule has 7 rings (SSSR count). The van der Waals surface area contributed by atoms with Crippen LogP contribution in [0.1, 0.15) is 33.1 Å². The van der Waals surface area contributed by atoms with E-state index in [-0.39, 0.29) is 77.3 Å². The first-order valence-electron chi connectivity index (χ1n) is 17.5. The Bertz CT molecular complexity index is 2050. The average Bonchev–Trinajstić information content (AvgIpc) is 3.60. The number of nitrogen functional groups attached to an aromatic ring is 1. The number of aromatic nitrogens is 4. The highest BCUT2D eigenvalue weighted by Gasteiger charge is 2.49. The summed E-state index contributed by atoms with van der Waals surface area (Å²) >= 11 is 0. The number of carbonyl (C=O) groups excluding carboxylic acids is 1. The van der Waals surface area contributed by atoms with Crippen molar-refractivity contribution in [3.05, 3.63) is 42.1 Å². The average molecular weight is 743 g/mol.